The average molecular weight is 521 g/mol. The summed E-state index contributed by atoms with van der Waals surface area (Å²) in [5.41, 5.74) is -1.89. The maximum Gasteiger partial charge on any atom is 0.415 e. The van der Waals surface area contributed by atoms with Crippen molar-refractivity contribution in [2.24, 2.45) is 29.6 Å². The van der Waals surface area contributed by atoms with Gasteiger partial charge in [-0.15, -0.1) is 4.33 Å². The molecule has 7 atom stereocenters. The third-order valence-electron chi connectivity index (χ3n) is 8.85. The number of fused-ring (bicyclic) bond motifs is 1. The maximum absolute atomic E-state index is 14.0. The summed E-state index contributed by atoms with van der Waals surface area (Å²) in [6, 6.07) is 0. The van der Waals surface area contributed by atoms with Crippen LogP contribution in [0.3, 0.4) is 0 Å². The van der Waals surface area contributed by atoms with Crippen molar-refractivity contribution in [3.8, 4) is 0 Å². The van der Waals surface area contributed by atoms with E-state index in [0.29, 0.717) is 32.1 Å². The molecule has 35 heavy (non-hydrogen) atoms. The molecular weight excluding hydrogens is 494 g/mol. The van der Waals surface area contributed by atoms with Crippen LogP contribution >= 0.6 is 12.0 Å². The van der Waals surface area contributed by atoms with Crippen LogP contribution in [0.25, 0.3) is 0 Å². The monoisotopic (exact) mass is 520 g/mol. The summed E-state index contributed by atoms with van der Waals surface area (Å²) in [6.45, 7) is -0.310. The van der Waals surface area contributed by atoms with Gasteiger partial charge in [-0.25, -0.2) is 14.8 Å². The number of hydrogen-bond acceptors (Lipinski definition) is 11. The largest absolute Gasteiger partial charge is 0.458 e. The predicted molar refractivity (Wildman–Crippen MR) is 109 cm³/mol. The van der Waals surface area contributed by atoms with Crippen molar-refractivity contribution < 1.29 is 56.7 Å². The molecule has 1 saturated heterocycles. The topological polar surface area (TPSA) is 127 Å². The zero-order valence-electron chi connectivity index (χ0n) is 18.7. The molecule has 1 heterocycles. The Morgan fingerprint density at radius 2 is 1.83 bits per heavy atom. The second-order valence-corrected chi connectivity index (χ2v) is 11.9. The smallest absolute Gasteiger partial charge is 0.415 e. The number of carbonyl (C=O) groups is 3. The van der Waals surface area contributed by atoms with E-state index in [9.17, 15) is 23.2 Å². The van der Waals surface area contributed by atoms with Gasteiger partial charge in [-0.3, -0.25) is 4.79 Å². The Labute approximate surface area is 203 Å². The molecule has 0 spiro atoms. The minimum absolute atomic E-state index is 0.0735. The highest BCUT2D eigenvalue weighted by molar-refractivity contribution is 7.96. The van der Waals surface area contributed by atoms with E-state index in [2.05, 4.69) is 9.37 Å². The van der Waals surface area contributed by atoms with Crippen LogP contribution in [0.5, 0.6) is 0 Å². The van der Waals surface area contributed by atoms with E-state index < -0.39 is 46.5 Å². The molecule has 1 aliphatic heterocycles. The quantitative estimate of drug-likeness (QED) is 0.159. The van der Waals surface area contributed by atoms with Crippen LogP contribution in [0.4, 0.5) is 8.78 Å². The summed E-state index contributed by atoms with van der Waals surface area (Å²) in [5.74, 6) is -2.12. The van der Waals surface area contributed by atoms with E-state index in [1.165, 1.54) is 0 Å². The Morgan fingerprint density at radius 3 is 2.54 bits per heavy atom. The molecule has 7 rings (SSSR count). The Balaban J connectivity index is 1.08. The lowest BCUT2D eigenvalue weighted by Crippen LogP contribution is -2.62. The third kappa shape index (κ3) is 4.03. The van der Waals surface area contributed by atoms with Crippen molar-refractivity contribution in [3.05, 3.63) is 0 Å². The standard InChI is InChI=1S/C22H26F2O10S/c23-22(24,35-34-33-28)19(27)32-21-6-10-1-11(7-21)5-20(4-10,9-21)29-8-15(25)30-16-12-2-13-14(3-12)18(26)31-17(13)16/h10-14,16-17,28H,1-9H2. The minimum Gasteiger partial charge on any atom is -0.458 e. The third-order valence-corrected chi connectivity index (χ3v) is 9.35. The van der Waals surface area contributed by atoms with Crippen molar-refractivity contribution >= 4 is 30.0 Å². The van der Waals surface area contributed by atoms with E-state index in [4.69, 9.17) is 24.2 Å². The van der Waals surface area contributed by atoms with Gasteiger partial charge in [0, 0.05) is 18.3 Å². The molecular formula is C22H26F2O10S. The molecule has 7 unspecified atom stereocenters. The predicted octanol–water partition coefficient (Wildman–Crippen LogP) is 2.79. The second-order valence-electron chi connectivity index (χ2n) is 11.1. The van der Waals surface area contributed by atoms with Gasteiger partial charge in [-0.2, -0.15) is 8.78 Å². The number of ether oxygens (including phenoxy) is 4. The highest BCUT2D eigenvalue weighted by Crippen LogP contribution is 2.61. The normalized spacial score (nSPS) is 44.5. The molecule has 0 aromatic carbocycles. The summed E-state index contributed by atoms with van der Waals surface area (Å²) >= 11 is -0.650. The van der Waals surface area contributed by atoms with Crippen LogP contribution in [0.1, 0.15) is 51.4 Å². The van der Waals surface area contributed by atoms with Crippen LogP contribution in [0.15, 0.2) is 0 Å². The lowest BCUT2D eigenvalue weighted by Gasteiger charge is -2.60. The van der Waals surface area contributed by atoms with Crippen LogP contribution in [-0.4, -0.2) is 58.4 Å². The van der Waals surface area contributed by atoms with Gasteiger partial charge in [0.05, 0.1) is 11.5 Å². The second kappa shape index (κ2) is 8.23. The molecule has 13 heteroatoms. The van der Waals surface area contributed by atoms with Crippen molar-refractivity contribution in [2.75, 3.05) is 6.61 Å². The first-order valence-corrected chi connectivity index (χ1v) is 12.7. The zero-order chi connectivity index (χ0) is 24.6. The average Bonchev–Trinajstić information content (AvgIpc) is 3.40. The fourth-order valence-corrected chi connectivity index (χ4v) is 8.42. The van der Waals surface area contributed by atoms with E-state index in [1.54, 1.807) is 0 Å². The molecule has 6 saturated carbocycles. The van der Waals surface area contributed by atoms with Crippen molar-refractivity contribution in [1.82, 2.24) is 0 Å². The van der Waals surface area contributed by atoms with Crippen LogP contribution in [0.2, 0.25) is 0 Å². The van der Waals surface area contributed by atoms with Crippen LogP contribution in [0, 0.1) is 29.6 Å². The Morgan fingerprint density at radius 1 is 1.11 bits per heavy atom. The van der Waals surface area contributed by atoms with Gasteiger partial charge in [0.1, 0.15) is 36.5 Å². The van der Waals surface area contributed by atoms with Gasteiger partial charge in [0.25, 0.3) is 0 Å². The lowest BCUT2D eigenvalue weighted by molar-refractivity contribution is -0.433. The fraction of sp³-hybridized carbons (Fsp3) is 0.864. The van der Waals surface area contributed by atoms with Gasteiger partial charge < -0.3 is 18.9 Å². The van der Waals surface area contributed by atoms with E-state index >= 15 is 0 Å². The summed E-state index contributed by atoms with van der Waals surface area (Å²) < 4.78 is 54.4. The number of hydrogen-bond donors (Lipinski definition) is 1. The van der Waals surface area contributed by atoms with E-state index in [0.717, 1.165) is 12.8 Å². The van der Waals surface area contributed by atoms with Crippen molar-refractivity contribution in [1.29, 1.82) is 0 Å². The maximum atomic E-state index is 14.0. The fourth-order valence-electron chi connectivity index (χ4n) is 8.19. The molecule has 6 aliphatic carbocycles. The molecule has 0 aromatic heterocycles. The lowest BCUT2D eigenvalue weighted by atomic mass is 9.52. The summed E-state index contributed by atoms with van der Waals surface area (Å²) in [4.78, 5) is 36.8. The first-order valence-electron chi connectivity index (χ1n) is 11.9. The Hall–Kier alpha value is -1.54. The Bertz CT molecular complexity index is 916. The summed E-state index contributed by atoms with van der Waals surface area (Å²) in [7, 11) is 0. The number of rotatable bonds is 9. The number of alkyl halides is 2. The highest BCUT2D eigenvalue weighted by Gasteiger charge is 2.64. The SMILES string of the molecule is O=C(COC12CC3CC(C1)CC(OC(=O)C(F)(F)SOOO)(C3)C2)OC1C2CC3C(=O)OC1C3C2. The molecule has 0 radical (unpaired) electrons. The van der Waals surface area contributed by atoms with E-state index in [-0.39, 0.29) is 54.7 Å². The van der Waals surface area contributed by atoms with E-state index in [1.807, 2.05) is 0 Å². The minimum atomic E-state index is -4.08. The molecule has 7 fully saturated rings. The van der Waals surface area contributed by atoms with Gasteiger partial charge in [0.2, 0.25) is 0 Å². The number of halogens is 2. The summed E-state index contributed by atoms with van der Waals surface area (Å²) in [5, 5.41) is 7.20. The Kier molecular flexibility index (Phi) is 5.61. The summed E-state index contributed by atoms with van der Waals surface area (Å²) in [6.07, 6.45) is 3.96. The van der Waals surface area contributed by atoms with Gasteiger partial charge in [-0.05, 0) is 56.8 Å². The molecule has 7 aliphatic rings. The van der Waals surface area contributed by atoms with Gasteiger partial charge in [-0.1, -0.05) is 5.04 Å². The molecule has 1 N–H and O–H groups in total. The molecule has 10 nitrogen and oxygen atoms in total. The number of esters is 3. The van der Waals surface area contributed by atoms with Gasteiger partial charge >= 0.3 is 23.2 Å². The zero-order valence-corrected chi connectivity index (χ0v) is 19.5. The number of carbonyl (C=O) groups excluding carboxylic acids is 3. The van der Waals surface area contributed by atoms with Gasteiger partial charge in [0.15, 0.2) is 0 Å². The molecule has 0 amide bonds. The molecule has 0 aromatic rings. The molecule has 194 valence electrons. The van der Waals surface area contributed by atoms with Crippen LogP contribution < -0.4 is 0 Å². The van der Waals surface area contributed by atoms with Crippen molar-refractivity contribution in [3.63, 3.8) is 0 Å². The first kappa shape index (κ1) is 23.8. The first-order chi connectivity index (χ1) is 16.6. The van der Waals surface area contributed by atoms with Crippen LogP contribution in [-0.2, 0) is 42.7 Å². The van der Waals surface area contributed by atoms with Crippen molar-refractivity contribution in [2.45, 2.75) is 80.0 Å². The highest BCUT2D eigenvalue weighted by atomic mass is 32.2. The molecule has 6 bridgehead atoms.